The molecule has 1 aromatic carbocycles. The van der Waals surface area contributed by atoms with Crippen molar-refractivity contribution in [1.82, 2.24) is 9.88 Å². The molecule has 1 fully saturated rings. The maximum absolute atomic E-state index is 12.3. The van der Waals surface area contributed by atoms with Crippen LogP contribution in [0, 0.1) is 11.3 Å². The summed E-state index contributed by atoms with van der Waals surface area (Å²) in [7, 11) is 0. The Morgan fingerprint density at radius 3 is 2.74 bits per heavy atom. The van der Waals surface area contributed by atoms with Gasteiger partial charge in [0.1, 0.15) is 0 Å². The third kappa shape index (κ3) is 3.58. The molecule has 1 saturated heterocycles. The predicted octanol–water partition coefficient (Wildman–Crippen LogP) is 2.38. The van der Waals surface area contributed by atoms with Crippen LogP contribution in [0.3, 0.4) is 0 Å². The van der Waals surface area contributed by atoms with Crippen molar-refractivity contribution in [3.8, 4) is 6.07 Å². The van der Waals surface area contributed by atoms with Crippen molar-refractivity contribution in [2.24, 2.45) is 0 Å². The molecule has 116 valence electrons. The van der Waals surface area contributed by atoms with Crippen LogP contribution >= 0.6 is 11.3 Å². The van der Waals surface area contributed by atoms with E-state index in [2.05, 4.69) is 16.0 Å². The van der Waals surface area contributed by atoms with E-state index in [1.54, 1.807) is 35.8 Å². The third-order valence-corrected chi connectivity index (χ3v) is 4.60. The number of anilines is 1. The summed E-state index contributed by atoms with van der Waals surface area (Å²) in [5.41, 5.74) is 1.34. The van der Waals surface area contributed by atoms with E-state index in [9.17, 15) is 4.79 Å². The summed E-state index contributed by atoms with van der Waals surface area (Å²) in [5, 5.41) is 12.0. The second-order valence-corrected chi connectivity index (χ2v) is 6.03. The van der Waals surface area contributed by atoms with Gasteiger partial charge in [0, 0.05) is 43.8 Å². The molecule has 0 radical (unpaired) electrons. The van der Waals surface area contributed by atoms with Crippen LogP contribution < -0.4 is 4.90 Å². The van der Waals surface area contributed by atoms with Crippen LogP contribution in [0.4, 0.5) is 5.13 Å². The second-order valence-electron chi connectivity index (χ2n) is 5.16. The van der Waals surface area contributed by atoms with Gasteiger partial charge in [-0.1, -0.05) is 18.2 Å². The maximum Gasteiger partial charge on any atom is 0.246 e. The summed E-state index contributed by atoms with van der Waals surface area (Å²) in [6.45, 7) is 2.95. The van der Waals surface area contributed by atoms with E-state index in [4.69, 9.17) is 5.26 Å². The van der Waals surface area contributed by atoms with E-state index >= 15 is 0 Å². The highest BCUT2D eigenvalue weighted by atomic mass is 32.1. The molecule has 0 unspecified atom stereocenters. The number of amides is 1. The molecule has 1 aromatic heterocycles. The number of hydrogen-bond donors (Lipinski definition) is 0. The molecule has 1 aliphatic rings. The van der Waals surface area contributed by atoms with Gasteiger partial charge in [0.25, 0.3) is 0 Å². The number of hydrogen-bond acceptors (Lipinski definition) is 5. The first-order valence-electron chi connectivity index (χ1n) is 7.38. The molecule has 2 heterocycles. The molecule has 5 nitrogen and oxygen atoms in total. The lowest BCUT2D eigenvalue weighted by atomic mass is 10.1. The van der Waals surface area contributed by atoms with Crippen LogP contribution in [0.15, 0.2) is 41.9 Å². The summed E-state index contributed by atoms with van der Waals surface area (Å²) < 4.78 is 0. The van der Waals surface area contributed by atoms with Crippen LogP contribution in [0.25, 0.3) is 6.08 Å². The monoisotopic (exact) mass is 324 g/mol. The molecule has 2 aromatic rings. The third-order valence-electron chi connectivity index (χ3n) is 3.77. The van der Waals surface area contributed by atoms with Crippen molar-refractivity contribution in [1.29, 1.82) is 5.26 Å². The number of carbonyl (C=O) groups excluding carboxylic acids is 1. The van der Waals surface area contributed by atoms with Crippen molar-refractivity contribution in [3.63, 3.8) is 0 Å². The molecule has 0 N–H and O–H groups in total. The first-order chi connectivity index (χ1) is 11.3. The molecule has 1 amide bonds. The Kier molecular flexibility index (Phi) is 4.69. The van der Waals surface area contributed by atoms with E-state index < -0.39 is 0 Å². The summed E-state index contributed by atoms with van der Waals surface area (Å²) in [5.74, 6) is -0.0171. The topological polar surface area (TPSA) is 60.2 Å². The van der Waals surface area contributed by atoms with Crippen molar-refractivity contribution >= 4 is 28.5 Å². The van der Waals surface area contributed by atoms with E-state index in [1.807, 2.05) is 28.5 Å². The van der Waals surface area contributed by atoms with Crippen LogP contribution in [-0.4, -0.2) is 42.0 Å². The number of benzene rings is 1. The van der Waals surface area contributed by atoms with Gasteiger partial charge in [-0.05, 0) is 17.7 Å². The molecule has 0 aliphatic carbocycles. The number of piperazine rings is 1. The molecule has 1 aliphatic heterocycles. The Morgan fingerprint density at radius 1 is 1.26 bits per heavy atom. The van der Waals surface area contributed by atoms with Gasteiger partial charge < -0.3 is 9.80 Å². The first kappa shape index (κ1) is 15.3. The average molecular weight is 324 g/mol. The zero-order valence-corrected chi connectivity index (χ0v) is 13.4. The van der Waals surface area contributed by atoms with Crippen molar-refractivity contribution in [3.05, 3.63) is 53.0 Å². The molecule has 0 spiro atoms. The number of thiazole rings is 1. The van der Waals surface area contributed by atoms with Crippen LogP contribution in [0.2, 0.25) is 0 Å². The quantitative estimate of drug-likeness (QED) is 0.813. The molecule has 3 rings (SSSR count). The van der Waals surface area contributed by atoms with Crippen LogP contribution in [-0.2, 0) is 4.79 Å². The fourth-order valence-electron chi connectivity index (χ4n) is 2.50. The van der Waals surface area contributed by atoms with E-state index in [0.717, 1.165) is 23.8 Å². The van der Waals surface area contributed by atoms with Crippen LogP contribution in [0.5, 0.6) is 0 Å². The molecule has 23 heavy (non-hydrogen) atoms. The minimum absolute atomic E-state index is 0.0171. The molecule has 0 bridgehead atoms. The Labute approximate surface area is 139 Å². The fourth-order valence-corrected chi connectivity index (χ4v) is 3.20. The minimum Gasteiger partial charge on any atom is -0.345 e. The summed E-state index contributed by atoms with van der Waals surface area (Å²) >= 11 is 1.62. The van der Waals surface area contributed by atoms with Crippen molar-refractivity contribution < 1.29 is 4.79 Å². The molecular weight excluding hydrogens is 308 g/mol. The maximum atomic E-state index is 12.3. The van der Waals surface area contributed by atoms with Crippen molar-refractivity contribution in [2.75, 3.05) is 31.1 Å². The normalized spacial score (nSPS) is 14.9. The Morgan fingerprint density at radius 2 is 2.04 bits per heavy atom. The highest BCUT2D eigenvalue weighted by molar-refractivity contribution is 7.13. The summed E-state index contributed by atoms with van der Waals surface area (Å²) in [4.78, 5) is 20.6. The van der Waals surface area contributed by atoms with Gasteiger partial charge in [0.2, 0.25) is 5.91 Å². The van der Waals surface area contributed by atoms with E-state index in [-0.39, 0.29) is 5.91 Å². The van der Waals surface area contributed by atoms with Gasteiger partial charge >= 0.3 is 0 Å². The Hall–Kier alpha value is -2.65. The van der Waals surface area contributed by atoms with Gasteiger partial charge in [0.05, 0.1) is 11.6 Å². The van der Waals surface area contributed by atoms with Crippen molar-refractivity contribution in [2.45, 2.75) is 0 Å². The lowest BCUT2D eigenvalue weighted by Crippen LogP contribution is -2.48. The molecule has 0 saturated carbocycles. The largest absolute Gasteiger partial charge is 0.345 e. The summed E-state index contributed by atoms with van der Waals surface area (Å²) in [6.07, 6.45) is 5.07. The minimum atomic E-state index is -0.0171. The Bertz CT molecular complexity index is 740. The van der Waals surface area contributed by atoms with Gasteiger partial charge in [0.15, 0.2) is 5.13 Å². The lowest BCUT2D eigenvalue weighted by molar-refractivity contribution is -0.126. The number of rotatable bonds is 3. The predicted molar refractivity (Wildman–Crippen MR) is 91.1 cm³/mol. The van der Waals surface area contributed by atoms with Gasteiger partial charge in [-0.3, -0.25) is 4.79 Å². The first-order valence-corrected chi connectivity index (χ1v) is 8.26. The zero-order valence-electron chi connectivity index (χ0n) is 12.6. The van der Waals surface area contributed by atoms with Gasteiger partial charge in [-0.25, -0.2) is 4.98 Å². The number of carbonyl (C=O) groups is 1. The summed E-state index contributed by atoms with van der Waals surface area (Å²) in [6, 6.07) is 9.39. The number of nitrogens with zero attached hydrogens (tertiary/aromatic N) is 4. The second kappa shape index (κ2) is 7.07. The highest BCUT2D eigenvalue weighted by Gasteiger charge is 2.20. The smallest absolute Gasteiger partial charge is 0.246 e. The van der Waals surface area contributed by atoms with Gasteiger partial charge in [-0.15, -0.1) is 11.3 Å². The fraction of sp³-hybridized carbons (Fsp3) is 0.235. The number of aromatic nitrogens is 1. The standard InChI is InChI=1S/C17H16N4OS/c18-13-15-4-2-1-3-14(15)5-6-16(22)20-8-10-21(11-9-20)17-19-7-12-23-17/h1-7,12H,8-11H2/b6-5+. The number of nitriles is 1. The van der Waals surface area contributed by atoms with E-state index in [1.165, 1.54) is 0 Å². The van der Waals surface area contributed by atoms with Crippen LogP contribution in [0.1, 0.15) is 11.1 Å². The SMILES string of the molecule is N#Cc1ccccc1/C=C/C(=O)N1CCN(c2nccs2)CC1. The van der Waals surface area contributed by atoms with Gasteiger partial charge in [-0.2, -0.15) is 5.26 Å². The average Bonchev–Trinajstić information content (AvgIpc) is 3.14. The van der Waals surface area contributed by atoms with E-state index in [0.29, 0.717) is 18.7 Å². The molecular formula is C17H16N4OS. The zero-order chi connectivity index (χ0) is 16.1. The highest BCUT2D eigenvalue weighted by Crippen LogP contribution is 2.19. The molecule has 6 heteroatoms. The lowest BCUT2D eigenvalue weighted by Gasteiger charge is -2.34. The molecule has 0 atom stereocenters. The Balaban J connectivity index is 1.59.